The molecule has 1 saturated carbocycles. The smallest absolute Gasteiger partial charge is 0.410 e. The SMILES string of the molecule is CCN(CCNC1CCC2(CC1)OCCO2)C(=O)OC(C)(C)C. The number of amides is 1. The molecule has 0 radical (unpaired) electrons. The third-order valence-corrected chi connectivity index (χ3v) is 4.41. The molecule has 1 aliphatic heterocycles. The Morgan fingerprint density at radius 1 is 1.26 bits per heavy atom. The van der Waals surface area contributed by atoms with E-state index in [1.807, 2.05) is 27.7 Å². The third-order valence-electron chi connectivity index (χ3n) is 4.41. The Kier molecular flexibility index (Phi) is 6.28. The third kappa shape index (κ3) is 5.62. The quantitative estimate of drug-likeness (QED) is 0.840. The summed E-state index contributed by atoms with van der Waals surface area (Å²) in [4.78, 5) is 13.8. The maximum Gasteiger partial charge on any atom is 0.410 e. The predicted molar refractivity (Wildman–Crippen MR) is 88.4 cm³/mol. The average Bonchev–Trinajstić information content (AvgIpc) is 2.92. The Morgan fingerprint density at radius 3 is 2.39 bits per heavy atom. The number of ether oxygens (including phenoxy) is 3. The first-order valence-electron chi connectivity index (χ1n) is 8.83. The Bertz CT molecular complexity index is 379. The van der Waals surface area contributed by atoms with Crippen LogP contribution in [0.25, 0.3) is 0 Å². The van der Waals surface area contributed by atoms with E-state index < -0.39 is 5.60 Å². The summed E-state index contributed by atoms with van der Waals surface area (Å²) in [5.41, 5.74) is -0.448. The van der Waals surface area contributed by atoms with Gasteiger partial charge < -0.3 is 24.4 Å². The van der Waals surface area contributed by atoms with Crippen LogP contribution in [0.5, 0.6) is 0 Å². The van der Waals surface area contributed by atoms with Crippen molar-refractivity contribution in [2.24, 2.45) is 0 Å². The molecule has 0 atom stereocenters. The molecule has 1 spiro atoms. The zero-order valence-corrected chi connectivity index (χ0v) is 15.0. The second-order valence-electron chi connectivity index (χ2n) is 7.40. The van der Waals surface area contributed by atoms with Crippen LogP contribution in [-0.2, 0) is 14.2 Å². The summed E-state index contributed by atoms with van der Waals surface area (Å²) in [5.74, 6) is -0.301. The first-order chi connectivity index (χ1) is 10.8. The van der Waals surface area contributed by atoms with Gasteiger partial charge in [-0.25, -0.2) is 4.79 Å². The molecular formula is C17H32N2O4. The molecule has 6 heteroatoms. The molecule has 134 valence electrons. The summed E-state index contributed by atoms with van der Waals surface area (Å²) >= 11 is 0. The highest BCUT2D eigenvalue weighted by Gasteiger charge is 2.40. The van der Waals surface area contributed by atoms with Gasteiger partial charge in [-0.3, -0.25) is 0 Å². The summed E-state index contributed by atoms with van der Waals surface area (Å²) in [6.07, 6.45) is 3.77. The van der Waals surface area contributed by atoms with Gasteiger partial charge in [0, 0.05) is 38.5 Å². The van der Waals surface area contributed by atoms with Gasteiger partial charge in [-0.1, -0.05) is 0 Å². The van der Waals surface area contributed by atoms with Crippen LogP contribution in [0, 0.1) is 0 Å². The molecule has 0 bridgehead atoms. The molecule has 1 saturated heterocycles. The van der Waals surface area contributed by atoms with Gasteiger partial charge in [0.2, 0.25) is 0 Å². The minimum absolute atomic E-state index is 0.239. The number of carbonyl (C=O) groups excluding carboxylic acids is 1. The van der Waals surface area contributed by atoms with E-state index in [-0.39, 0.29) is 11.9 Å². The molecule has 1 aliphatic carbocycles. The van der Waals surface area contributed by atoms with Crippen molar-refractivity contribution in [2.45, 2.75) is 70.8 Å². The van der Waals surface area contributed by atoms with Crippen LogP contribution >= 0.6 is 0 Å². The molecule has 2 fully saturated rings. The maximum atomic E-state index is 12.1. The molecule has 2 aliphatic rings. The Morgan fingerprint density at radius 2 is 1.87 bits per heavy atom. The van der Waals surface area contributed by atoms with Crippen LogP contribution < -0.4 is 5.32 Å². The van der Waals surface area contributed by atoms with Gasteiger partial charge in [0.1, 0.15) is 5.60 Å². The summed E-state index contributed by atoms with van der Waals surface area (Å²) in [7, 11) is 0. The Hall–Kier alpha value is -0.850. The van der Waals surface area contributed by atoms with E-state index >= 15 is 0 Å². The van der Waals surface area contributed by atoms with Crippen LogP contribution in [0.4, 0.5) is 4.79 Å². The molecule has 0 aromatic rings. The van der Waals surface area contributed by atoms with Crippen molar-refractivity contribution in [3.63, 3.8) is 0 Å². The van der Waals surface area contributed by atoms with E-state index in [1.54, 1.807) is 4.90 Å². The standard InChI is InChI=1S/C17H32N2O4/c1-5-19(15(20)23-16(2,3)4)11-10-18-14-6-8-17(9-7-14)21-12-13-22-17/h14,18H,5-13H2,1-4H3. The minimum Gasteiger partial charge on any atom is -0.444 e. The summed E-state index contributed by atoms with van der Waals surface area (Å²) in [6, 6.07) is 0.478. The van der Waals surface area contributed by atoms with E-state index in [1.165, 1.54) is 0 Å². The molecule has 1 N–H and O–H groups in total. The van der Waals surface area contributed by atoms with Crippen LogP contribution in [0.3, 0.4) is 0 Å². The van der Waals surface area contributed by atoms with Crippen molar-refractivity contribution in [3.8, 4) is 0 Å². The first-order valence-corrected chi connectivity index (χ1v) is 8.83. The van der Waals surface area contributed by atoms with E-state index in [0.29, 0.717) is 19.1 Å². The average molecular weight is 328 g/mol. The number of hydrogen-bond acceptors (Lipinski definition) is 5. The fourth-order valence-corrected chi connectivity index (χ4v) is 3.16. The molecule has 6 nitrogen and oxygen atoms in total. The van der Waals surface area contributed by atoms with Gasteiger partial charge in [-0.2, -0.15) is 0 Å². The van der Waals surface area contributed by atoms with Gasteiger partial charge in [-0.05, 0) is 40.5 Å². The number of nitrogens with zero attached hydrogens (tertiary/aromatic N) is 1. The van der Waals surface area contributed by atoms with Crippen molar-refractivity contribution in [1.29, 1.82) is 0 Å². The van der Waals surface area contributed by atoms with Gasteiger partial charge in [0.15, 0.2) is 5.79 Å². The predicted octanol–water partition coefficient (Wildman–Crippen LogP) is 2.52. The van der Waals surface area contributed by atoms with E-state index in [0.717, 1.165) is 45.4 Å². The maximum absolute atomic E-state index is 12.1. The minimum atomic E-state index is -0.448. The lowest BCUT2D eigenvalue weighted by Gasteiger charge is -2.36. The topological polar surface area (TPSA) is 60.0 Å². The van der Waals surface area contributed by atoms with E-state index in [2.05, 4.69) is 5.32 Å². The molecule has 2 rings (SSSR count). The number of rotatable bonds is 5. The highest BCUT2D eigenvalue weighted by molar-refractivity contribution is 5.68. The molecule has 0 aromatic heterocycles. The second-order valence-corrected chi connectivity index (χ2v) is 7.40. The number of likely N-dealkylation sites (N-methyl/N-ethyl adjacent to an activating group) is 1. The second kappa shape index (κ2) is 7.81. The zero-order valence-electron chi connectivity index (χ0n) is 15.0. The monoisotopic (exact) mass is 328 g/mol. The summed E-state index contributed by atoms with van der Waals surface area (Å²) in [5, 5.41) is 3.55. The van der Waals surface area contributed by atoms with Crippen molar-refractivity contribution < 1.29 is 19.0 Å². The number of nitrogens with one attached hydrogen (secondary N) is 1. The van der Waals surface area contributed by atoms with Crippen LogP contribution in [0.15, 0.2) is 0 Å². The largest absolute Gasteiger partial charge is 0.444 e. The molecular weight excluding hydrogens is 296 g/mol. The van der Waals surface area contributed by atoms with Crippen molar-refractivity contribution in [3.05, 3.63) is 0 Å². The van der Waals surface area contributed by atoms with Crippen molar-refractivity contribution in [1.82, 2.24) is 10.2 Å². The first kappa shape index (κ1) is 18.5. The lowest BCUT2D eigenvalue weighted by atomic mass is 9.90. The number of carbonyl (C=O) groups is 1. The highest BCUT2D eigenvalue weighted by atomic mass is 16.7. The molecule has 0 aromatic carbocycles. The lowest BCUT2D eigenvalue weighted by molar-refractivity contribution is -0.179. The summed E-state index contributed by atoms with van der Waals surface area (Å²) < 4.78 is 16.9. The molecule has 0 unspecified atom stereocenters. The normalized spacial score (nSPS) is 21.6. The zero-order chi connectivity index (χ0) is 16.9. The highest BCUT2D eigenvalue weighted by Crippen LogP contribution is 2.35. The van der Waals surface area contributed by atoms with Crippen LogP contribution in [0.2, 0.25) is 0 Å². The molecule has 1 amide bonds. The van der Waals surface area contributed by atoms with Gasteiger partial charge in [0.05, 0.1) is 13.2 Å². The fraction of sp³-hybridized carbons (Fsp3) is 0.941. The van der Waals surface area contributed by atoms with Gasteiger partial charge in [-0.15, -0.1) is 0 Å². The van der Waals surface area contributed by atoms with E-state index in [4.69, 9.17) is 14.2 Å². The van der Waals surface area contributed by atoms with Crippen LogP contribution in [0.1, 0.15) is 53.4 Å². The van der Waals surface area contributed by atoms with Crippen molar-refractivity contribution in [2.75, 3.05) is 32.8 Å². The Labute approximate surface area is 139 Å². The summed E-state index contributed by atoms with van der Waals surface area (Å²) in [6.45, 7) is 11.2. The molecule has 23 heavy (non-hydrogen) atoms. The fourth-order valence-electron chi connectivity index (χ4n) is 3.16. The van der Waals surface area contributed by atoms with Gasteiger partial charge >= 0.3 is 6.09 Å². The lowest BCUT2D eigenvalue weighted by Crippen LogP contribution is -2.45. The van der Waals surface area contributed by atoms with Crippen LogP contribution in [-0.4, -0.2) is 61.3 Å². The Balaban J connectivity index is 1.66. The number of hydrogen-bond donors (Lipinski definition) is 1. The van der Waals surface area contributed by atoms with E-state index in [9.17, 15) is 4.79 Å². The van der Waals surface area contributed by atoms with Gasteiger partial charge in [0.25, 0.3) is 0 Å². The van der Waals surface area contributed by atoms with Crippen molar-refractivity contribution >= 4 is 6.09 Å². The molecule has 1 heterocycles.